The third kappa shape index (κ3) is 6.00. The van der Waals surface area contributed by atoms with Crippen LogP contribution in [0.25, 0.3) is 0 Å². The SMILES string of the molecule is CCC(C)(CC(O)COC(C)COC)C(=O)O. The van der Waals surface area contributed by atoms with Gasteiger partial charge in [-0.25, -0.2) is 0 Å². The number of hydrogen-bond acceptors (Lipinski definition) is 4. The molecule has 5 heteroatoms. The molecule has 0 aliphatic heterocycles. The summed E-state index contributed by atoms with van der Waals surface area (Å²) in [6.07, 6.45) is -0.200. The molecule has 0 amide bonds. The lowest BCUT2D eigenvalue weighted by molar-refractivity contribution is -0.151. The molecule has 0 fully saturated rings. The number of aliphatic hydroxyl groups is 1. The summed E-state index contributed by atoms with van der Waals surface area (Å²) in [4.78, 5) is 11.1. The van der Waals surface area contributed by atoms with Gasteiger partial charge in [0.25, 0.3) is 0 Å². The fraction of sp³-hybridized carbons (Fsp3) is 0.917. The van der Waals surface area contributed by atoms with Crippen LogP contribution in [0.15, 0.2) is 0 Å². The lowest BCUT2D eigenvalue weighted by Gasteiger charge is -2.26. The van der Waals surface area contributed by atoms with Crippen molar-refractivity contribution in [1.29, 1.82) is 0 Å². The highest BCUT2D eigenvalue weighted by molar-refractivity contribution is 5.74. The molecular formula is C12H24O5. The van der Waals surface area contributed by atoms with Gasteiger partial charge in [-0.05, 0) is 26.7 Å². The van der Waals surface area contributed by atoms with Gasteiger partial charge in [0, 0.05) is 7.11 Å². The van der Waals surface area contributed by atoms with Crippen LogP contribution in [-0.2, 0) is 14.3 Å². The highest BCUT2D eigenvalue weighted by atomic mass is 16.5. The van der Waals surface area contributed by atoms with Crippen molar-refractivity contribution in [2.75, 3.05) is 20.3 Å². The zero-order valence-corrected chi connectivity index (χ0v) is 11.1. The molecule has 3 unspecified atom stereocenters. The van der Waals surface area contributed by atoms with E-state index in [4.69, 9.17) is 14.6 Å². The molecule has 0 spiro atoms. The molecule has 0 aromatic carbocycles. The molecule has 0 aliphatic carbocycles. The molecule has 0 radical (unpaired) electrons. The topological polar surface area (TPSA) is 76.0 Å². The van der Waals surface area contributed by atoms with Gasteiger partial charge in [0.1, 0.15) is 0 Å². The zero-order chi connectivity index (χ0) is 13.5. The van der Waals surface area contributed by atoms with Crippen molar-refractivity contribution in [3.05, 3.63) is 0 Å². The van der Waals surface area contributed by atoms with Gasteiger partial charge in [0.05, 0.1) is 30.8 Å². The second kappa shape index (κ2) is 7.63. The number of hydrogen-bond donors (Lipinski definition) is 2. The molecule has 0 aromatic rings. The Hall–Kier alpha value is -0.650. The summed E-state index contributed by atoms with van der Waals surface area (Å²) in [6.45, 7) is 5.86. The molecule has 5 nitrogen and oxygen atoms in total. The van der Waals surface area contributed by atoms with Crippen LogP contribution in [0, 0.1) is 5.41 Å². The van der Waals surface area contributed by atoms with E-state index < -0.39 is 17.5 Å². The van der Waals surface area contributed by atoms with E-state index in [9.17, 15) is 9.90 Å². The van der Waals surface area contributed by atoms with Crippen molar-refractivity contribution < 1.29 is 24.5 Å². The van der Waals surface area contributed by atoms with Crippen molar-refractivity contribution in [3.8, 4) is 0 Å². The van der Waals surface area contributed by atoms with Crippen LogP contribution in [0.1, 0.15) is 33.6 Å². The smallest absolute Gasteiger partial charge is 0.309 e. The lowest BCUT2D eigenvalue weighted by atomic mass is 9.82. The molecule has 0 saturated carbocycles. The monoisotopic (exact) mass is 248 g/mol. The number of rotatable bonds is 9. The van der Waals surface area contributed by atoms with E-state index in [1.165, 1.54) is 0 Å². The molecule has 17 heavy (non-hydrogen) atoms. The quantitative estimate of drug-likeness (QED) is 0.643. The summed E-state index contributed by atoms with van der Waals surface area (Å²) in [5, 5.41) is 18.8. The van der Waals surface area contributed by atoms with E-state index in [0.29, 0.717) is 13.0 Å². The van der Waals surface area contributed by atoms with Gasteiger partial charge in [-0.15, -0.1) is 0 Å². The van der Waals surface area contributed by atoms with Crippen molar-refractivity contribution in [2.45, 2.75) is 45.8 Å². The Bertz CT molecular complexity index is 231. The number of carboxylic acid groups (broad SMARTS) is 1. The Kier molecular flexibility index (Phi) is 7.34. The second-order valence-corrected chi connectivity index (χ2v) is 4.68. The van der Waals surface area contributed by atoms with E-state index >= 15 is 0 Å². The number of carboxylic acids is 1. The highest BCUT2D eigenvalue weighted by Crippen LogP contribution is 2.27. The van der Waals surface area contributed by atoms with E-state index in [1.807, 2.05) is 6.92 Å². The number of aliphatic carboxylic acids is 1. The Balaban J connectivity index is 4.07. The molecule has 0 aliphatic rings. The largest absolute Gasteiger partial charge is 0.481 e. The van der Waals surface area contributed by atoms with Crippen LogP contribution < -0.4 is 0 Å². The summed E-state index contributed by atoms with van der Waals surface area (Å²) >= 11 is 0. The second-order valence-electron chi connectivity index (χ2n) is 4.68. The summed E-state index contributed by atoms with van der Waals surface area (Å²) in [5.41, 5.74) is -0.896. The normalized spacial score (nSPS) is 18.4. The van der Waals surface area contributed by atoms with Crippen LogP contribution >= 0.6 is 0 Å². The fourth-order valence-corrected chi connectivity index (χ4v) is 1.52. The number of carbonyl (C=O) groups is 1. The predicted molar refractivity (Wildman–Crippen MR) is 63.9 cm³/mol. The summed E-state index contributed by atoms with van der Waals surface area (Å²) in [5.74, 6) is -0.885. The molecule has 3 atom stereocenters. The molecule has 102 valence electrons. The van der Waals surface area contributed by atoms with Crippen molar-refractivity contribution in [3.63, 3.8) is 0 Å². The van der Waals surface area contributed by atoms with Crippen LogP contribution in [0.3, 0.4) is 0 Å². The average molecular weight is 248 g/mol. The minimum Gasteiger partial charge on any atom is -0.481 e. The lowest BCUT2D eigenvalue weighted by Crippen LogP contribution is -2.34. The van der Waals surface area contributed by atoms with Crippen LogP contribution in [0.4, 0.5) is 0 Å². The summed E-state index contributed by atoms with van der Waals surface area (Å²) < 4.78 is 10.2. The van der Waals surface area contributed by atoms with Gasteiger partial charge in [-0.1, -0.05) is 6.92 Å². The fourth-order valence-electron chi connectivity index (χ4n) is 1.52. The Morgan fingerprint density at radius 2 is 2.00 bits per heavy atom. The maximum Gasteiger partial charge on any atom is 0.309 e. The predicted octanol–water partition coefficient (Wildman–Crippen LogP) is 1.29. The van der Waals surface area contributed by atoms with E-state index in [2.05, 4.69) is 0 Å². The molecule has 0 heterocycles. The van der Waals surface area contributed by atoms with Gasteiger partial charge in [0.15, 0.2) is 0 Å². The van der Waals surface area contributed by atoms with Gasteiger partial charge in [-0.3, -0.25) is 4.79 Å². The van der Waals surface area contributed by atoms with Crippen molar-refractivity contribution in [1.82, 2.24) is 0 Å². The third-order valence-electron chi connectivity index (χ3n) is 2.96. The van der Waals surface area contributed by atoms with E-state index in [0.717, 1.165) is 0 Å². The van der Waals surface area contributed by atoms with Crippen molar-refractivity contribution >= 4 is 5.97 Å². The maximum absolute atomic E-state index is 11.1. The number of methoxy groups -OCH3 is 1. The molecule has 0 aromatic heterocycles. The first-order chi connectivity index (χ1) is 7.85. The Morgan fingerprint density at radius 3 is 2.41 bits per heavy atom. The standard InChI is InChI=1S/C12H24O5/c1-5-12(3,11(14)15)6-10(13)8-17-9(2)7-16-4/h9-10,13H,5-8H2,1-4H3,(H,14,15). The minimum absolute atomic E-state index is 0.104. The summed E-state index contributed by atoms with van der Waals surface area (Å²) in [6, 6.07) is 0. The van der Waals surface area contributed by atoms with Crippen molar-refractivity contribution in [2.24, 2.45) is 5.41 Å². The molecular weight excluding hydrogens is 224 g/mol. The van der Waals surface area contributed by atoms with Gasteiger partial charge >= 0.3 is 5.97 Å². The van der Waals surface area contributed by atoms with Gasteiger partial charge < -0.3 is 19.7 Å². The first-order valence-corrected chi connectivity index (χ1v) is 5.87. The average Bonchev–Trinajstić information content (AvgIpc) is 2.26. The Morgan fingerprint density at radius 1 is 1.41 bits per heavy atom. The van der Waals surface area contributed by atoms with Gasteiger partial charge in [-0.2, -0.15) is 0 Å². The first kappa shape index (κ1) is 16.4. The third-order valence-corrected chi connectivity index (χ3v) is 2.96. The number of aliphatic hydroxyl groups excluding tert-OH is 1. The Labute approximate surface area is 103 Å². The maximum atomic E-state index is 11.1. The van der Waals surface area contributed by atoms with E-state index in [-0.39, 0.29) is 19.1 Å². The van der Waals surface area contributed by atoms with Crippen LogP contribution in [0.5, 0.6) is 0 Å². The van der Waals surface area contributed by atoms with Crippen LogP contribution in [-0.4, -0.2) is 48.7 Å². The van der Waals surface area contributed by atoms with Crippen LogP contribution in [0.2, 0.25) is 0 Å². The zero-order valence-electron chi connectivity index (χ0n) is 11.1. The van der Waals surface area contributed by atoms with Gasteiger partial charge in [0.2, 0.25) is 0 Å². The van der Waals surface area contributed by atoms with E-state index in [1.54, 1.807) is 21.0 Å². The highest BCUT2D eigenvalue weighted by Gasteiger charge is 2.33. The molecule has 0 rings (SSSR count). The minimum atomic E-state index is -0.896. The number of ether oxygens (including phenoxy) is 2. The molecule has 2 N–H and O–H groups in total. The summed E-state index contributed by atoms with van der Waals surface area (Å²) in [7, 11) is 1.58. The molecule has 0 saturated heterocycles. The first-order valence-electron chi connectivity index (χ1n) is 5.87. The molecule has 0 bridgehead atoms.